The fraction of sp³-hybridized carbons (Fsp3) is 0.444. The summed E-state index contributed by atoms with van der Waals surface area (Å²) < 4.78 is 1.36. The predicted octanol–water partition coefficient (Wildman–Crippen LogP) is 4.85. The minimum Gasteiger partial charge on any atom is -0.506 e. The number of rotatable bonds is 8. The molecular formula is C18H22Br2N2O3. The fourth-order valence-corrected chi connectivity index (χ4v) is 4.04. The zero-order valence-electron chi connectivity index (χ0n) is 14.1. The molecular weight excluding hydrogens is 452 g/mol. The van der Waals surface area contributed by atoms with E-state index in [0.717, 1.165) is 23.7 Å². The molecule has 5 nitrogen and oxygen atoms in total. The smallest absolute Gasteiger partial charge is 0.265 e. The van der Waals surface area contributed by atoms with Gasteiger partial charge >= 0.3 is 0 Å². The van der Waals surface area contributed by atoms with Crippen molar-refractivity contribution < 1.29 is 9.90 Å². The van der Waals surface area contributed by atoms with Crippen LogP contribution < -0.4 is 10.9 Å². The fourth-order valence-electron chi connectivity index (χ4n) is 2.71. The van der Waals surface area contributed by atoms with E-state index in [4.69, 9.17) is 0 Å². The summed E-state index contributed by atoms with van der Waals surface area (Å²) in [6.07, 6.45) is 6.69. The van der Waals surface area contributed by atoms with Gasteiger partial charge in [-0.15, -0.1) is 0 Å². The minimum absolute atomic E-state index is 0.247. The highest BCUT2D eigenvalue weighted by Gasteiger charge is 2.20. The summed E-state index contributed by atoms with van der Waals surface area (Å²) in [6, 6.07) is 3.42. The van der Waals surface area contributed by atoms with Gasteiger partial charge in [-0.25, -0.2) is 0 Å². The Balaban J connectivity index is 2.10. The number of carbonyl (C=O) groups excluding carboxylic acids is 1. The van der Waals surface area contributed by atoms with Gasteiger partial charge in [-0.05, 0) is 34.5 Å². The zero-order chi connectivity index (χ0) is 18.4. The second-order valence-corrected chi connectivity index (χ2v) is 7.78. The van der Waals surface area contributed by atoms with Gasteiger partial charge in [-0.3, -0.25) is 9.59 Å². The summed E-state index contributed by atoms with van der Waals surface area (Å²) in [5.74, 6) is -0.855. The summed E-state index contributed by atoms with van der Waals surface area (Å²) in [4.78, 5) is 27.2. The lowest BCUT2D eigenvalue weighted by molar-refractivity contribution is 0.0949. The molecule has 1 aromatic carbocycles. The van der Waals surface area contributed by atoms with E-state index in [0.29, 0.717) is 21.9 Å². The van der Waals surface area contributed by atoms with Crippen molar-refractivity contribution in [3.63, 3.8) is 0 Å². The Hall–Kier alpha value is -1.34. The lowest BCUT2D eigenvalue weighted by Gasteiger charge is -2.10. The highest BCUT2D eigenvalue weighted by atomic mass is 79.9. The molecule has 7 heteroatoms. The number of hydrogen-bond acceptors (Lipinski definition) is 3. The van der Waals surface area contributed by atoms with Crippen LogP contribution in [0.5, 0.6) is 5.75 Å². The van der Waals surface area contributed by atoms with Crippen molar-refractivity contribution >= 4 is 48.7 Å². The van der Waals surface area contributed by atoms with Crippen LogP contribution in [0.4, 0.5) is 0 Å². The number of benzene rings is 1. The van der Waals surface area contributed by atoms with Crippen molar-refractivity contribution in [2.24, 2.45) is 0 Å². The molecule has 0 aliphatic rings. The second-order valence-electron chi connectivity index (χ2n) is 6.01. The summed E-state index contributed by atoms with van der Waals surface area (Å²) >= 11 is 6.68. The molecule has 0 aliphatic carbocycles. The molecule has 0 saturated heterocycles. The maximum atomic E-state index is 12.3. The molecule has 3 N–H and O–H groups in total. The molecule has 1 amide bonds. The van der Waals surface area contributed by atoms with E-state index < -0.39 is 11.5 Å². The van der Waals surface area contributed by atoms with Crippen LogP contribution in [0.1, 0.15) is 55.8 Å². The van der Waals surface area contributed by atoms with E-state index in [1.54, 1.807) is 12.1 Å². The quantitative estimate of drug-likeness (QED) is 0.479. The Morgan fingerprint density at radius 2 is 1.84 bits per heavy atom. The SMILES string of the molecule is CCCCCCCCNC(=O)c1c(O)c2cc(Br)cc(Br)c2[nH]c1=O. The number of aromatic amines is 1. The van der Waals surface area contributed by atoms with E-state index in [9.17, 15) is 14.7 Å². The normalized spacial score (nSPS) is 11.0. The molecule has 1 heterocycles. The van der Waals surface area contributed by atoms with Gasteiger partial charge in [0.1, 0.15) is 11.3 Å². The average Bonchev–Trinajstić information content (AvgIpc) is 2.55. The molecule has 2 rings (SSSR count). The van der Waals surface area contributed by atoms with Crippen LogP contribution in [0.15, 0.2) is 25.9 Å². The van der Waals surface area contributed by atoms with Gasteiger partial charge in [0.15, 0.2) is 0 Å². The molecule has 0 aliphatic heterocycles. The van der Waals surface area contributed by atoms with Crippen molar-refractivity contribution in [2.45, 2.75) is 45.4 Å². The number of H-pyrrole nitrogens is 1. The maximum absolute atomic E-state index is 12.3. The zero-order valence-corrected chi connectivity index (χ0v) is 17.3. The van der Waals surface area contributed by atoms with Gasteiger partial charge < -0.3 is 15.4 Å². The third-order valence-corrected chi connectivity index (χ3v) is 5.14. The van der Waals surface area contributed by atoms with E-state index in [-0.39, 0.29) is 11.3 Å². The predicted molar refractivity (Wildman–Crippen MR) is 107 cm³/mol. The second kappa shape index (κ2) is 9.38. The van der Waals surface area contributed by atoms with Crippen LogP contribution in [0.25, 0.3) is 10.9 Å². The van der Waals surface area contributed by atoms with E-state index in [2.05, 4.69) is 49.1 Å². The van der Waals surface area contributed by atoms with Crippen molar-refractivity contribution in [1.82, 2.24) is 10.3 Å². The molecule has 25 heavy (non-hydrogen) atoms. The molecule has 0 atom stereocenters. The largest absolute Gasteiger partial charge is 0.506 e. The van der Waals surface area contributed by atoms with Crippen LogP contribution in [0.2, 0.25) is 0 Å². The number of nitrogens with one attached hydrogen (secondary N) is 2. The molecule has 2 aromatic rings. The highest BCUT2D eigenvalue weighted by Crippen LogP contribution is 2.32. The Morgan fingerprint density at radius 1 is 1.16 bits per heavy atom. The molecule has 0 radical (unpaired) electrons. The highest BCUT2D eigenvalue weighted by molar-refractivity contribution is 9.11. The van der Waals surface area contributed by atoms with Crippen LogP contribution in [-0.2, 0) is 0 Å². The van der Waals surface area contributed by atoms with Crippen LogP contribution >= 0.6 is 31.9 Å². The van der Waals surface area contributed by atoms with Gasteiger partial charge in [0, 0.05) is 20.9 Å². The average molecular weight is 474 g/mol. The van der Waals surface area contributed by atoms with Crippen molar-refractivity contribution in [3.8, 4) is 5.75 Å². The first-order valence-electron chi connectivity index (χ1n) is 8.48. The van der Waals surface area contributed by atoms with Gasteiger partial charge in [-0.2, -0.15) is 0 Å². The van der Waals surface area contributed by atoms with Crippen molar-refractivity contribution in [1.29, 1.82) is 0 Å². The van der Waals surface area contributed by atoms with Crippen LogP contribution in [0, 0.1) is 0 Å². The Morgan fingerprint density at radius 3 is 2.56 bits per heavy atom. The molecule has 1 aromatic heterocycles. The summed E-state index contributed by atoms with van der Waals surface area (Å²) in [7, 11) is 0. The summed E-state index contributed by atoms with van der Waals surface area (Å²) in [5.41, 5.74) is -0.393. The maximum Gasteiger partial charge on any atom is 0.265 e. The minimum atomic E-state index is -0.603. The Labute approximate surface area is 163 Å². The van der Waals surface area contributed by atoms with Crippen molar-refractivity contribution in [3.05, 3.63) is 37.0 Å². The van der Waals surface area contributed by atoms with Crippen LogP contribution in [0.3, 0.4) is 0 Å². The number of hydrogen-bond donors (Lipinski definition) is 3. The number of aromatic hydroxyl groups is 1. The molecule has 0 spiro atoms. The lowest BCUT2D eigenvalue weighted by atomic mass is 10.1. The molecule has 0 bridgehead atoms. The number of unbranched alkanes of at least 4 members (excludes halogenated alkanes) is 5. The molecule has 0 unspecified atom stereocenters. The monoisotopic (exact) mass is 472 g/mol. The van der Waals surface area contributed by atoms with E-state index in [1.165, 1.54) is 19.3 Å². The van der Waals surface area contributed by atoms with E-state index in [1.807, 2.05) is 0 Å². The van der Waals surface area contributed by atoms with Crippen molar-refractivity contribution in [2.75, 3.05) is 6.54 Å². The molecule has 136 valence electrons. The topological polar surface area (TPSA) is 82.2 Å². The van der Waals surface area contributed by atoms with Crippen LogP contribution in [-0.4, -0.2) is 22.5 Å². The Bertz CT molecular complexity index is 818. The third kappa shape index (κ3) is 5.07. The Kier molecular flexibility index (Phi) is 7.50. The number of amides is 1. The van der Waals surface area contributed by atoms with Gasteiger partial charge in [0.25, 0.3) is 11.5 Å². The number of aromatic nitrogens is 1. The first-order valence-corrected chi connectivity index (χ1v) is 10.1. The standard InChI is InChI=1S/C18H22Br2N2O3/c1-2-3-4-5-6-7-8-21-17(24)14-16(23)12-9-11(19)10-13(20)15(12)22-18(14)25/h9-10H,2-8H2,1H3,(H,21,24)(H2,22,23,25). The number of fused-ring (bicyclic) bond motifs is 1. The lowest BCUT2D eigenvalue weighted by Crippen LogP contribution is -2.30. The molecule has 0 fully saturated rings. The first-order chi connectivity index (χ1) is 12.0. The van der Waals surface area contributed by atoms with Gasteiger partial charge in [0.05, 0.1) is 5.52 Å². The first kappa shape index (κ1) is 20.0. The number of halogens is 2. The third-order valence-electron chi connectivity index (χ3n) is 4.06. The summed E-state index contributed by atoms with van der Waals surface area (Å²) in [5, 5.41) is 13.6. The molecule has 0 saturated carbocycles. The summed E-state index contributed by atoms with van der Waals surface area (Å²) in [6.45, 7) is 2.66. The van der Waals surface area contributed by atoms with Gasteiger partial charge in [0.2, 0.25) is 0 Å². The number of pyridine rings is 1. The van der Waals surface area contributed by atoms with E-state index >= 15 is 0 Å². The number of carbonyl (C=O) groups is 1. The van der Waals surface area contributed by atoms with Gasteiger partial charge in [-0.1, -0.05) is 55.0 Å².